The summed E-state index contributed by atoms with van der Waals surface area (Å²) in [6.45, 7) is 8.34. The molecule has 0 aromatic carbocycles. The first kappa shape index (κ1) is 17.4. The van der Waals surface area contributed by atoms with Crippen LogP contribution in [0.4, 0.5) is 0 Å². The molecule has 0 saturated carbocycles. The van der Waals surface area contributed by atoms with E-state index < -0.39 is 0 Å². The molecule has 134 valence electrons. The van der Waals surface area contributed by atoms with Crippen molar-refractivity contribution in [3.8, 4) is 0 Å². The zero-order valence-corrected chi connectivity index (χ0v) is 14.9. The highest BCUT2D eigenvalue weighted by molar-refractivity contribution is 5.95. The molecule has 3 rings (SSSR count). The first-order valence-corrected chi connectivity index (χ1v) is 8.37. The van der Waals surface area contributed by atoms with Gasteiger partial charge in [0.25, 0.3) is 11.5 Å². The lowest BCUT2D eigenvalue weighted by Crippen LogP contribution is -2.43. The van der Waals surface area contributed by atoms with Crippen molar-refractivity contribution in [1.82, 2.24) is 15.5 Å². The molecule has 3 heterocycles. The highest BCUT2D eigenvalue weighted by Gasteiger charge is 2.32. The molecule has 0 bridgehead atoms. The van der Waals surface area contributed by atoms with Crippen LogP contribution in [0.5, 0.6) is 0 Å². The van der Waals surface area contributed by atoms with E-state index in [-0.39, 0.29) is 29.0 Å². The Balaban J connectivity index is 1.76. The predicted octanol–water partition coefficient (Wildman–Crippen LogP) is 1.58. The number of amides is 1. The molecule has 1 fully saturated rings. The van der Waals surface area contributed by atoms with E-state index in [1.807, 2.05) is 26.8 Å². The average molecular weight is 345 g/mol. The molecule has 7 nitrogen and oxygen atoms in total. The third kappa shape index (κ3) is 3.51. The fourth-order valence-electron chi connectivity index (χ4n) is 3.21. The van der Waals surface area contributed by atoms with Gasteiger partial charge in [-0.05, 0) is 38.8 Å². The van der Waals surface area contributed by atoms with Crippen molar-refractivity contribution in [2.75, 3.05) is 13.2 Å². The third-order valence-corrected chi connectivity index (χ3v) is 4.91. The minimum absolute atomic E-state index is 0.0854. The number of ether oxygens (including phenoxy) is 1. The number of H-pyrrole nitrogens is 1. The number of nitrogens with zero attached hydrogens (tertiary/aromatic N) is 1. The van der Waals surface area contributed by atoms with Crippen molar-refractivity contribution >= 4 is 5.91 Å². The fourth-order valence-corrected chi connectivity index (χ4v) is 3.21. The third-order valence-electron chi connectivity index (χ3n) is 4.91. The van der Waals surface area contributed by atoms with E-state index in [1.54, 1.807) is 6.92 Å². The van der Waals surface area contributed by atoms with Gasteiger partial charge >= 0.3 is 0 Å². The molecule has 2 atom stereocenters. The van der Waals surface area contributed by atoms with Crippen LogP contribution >= 0.6 is 0 Å². The predicted molar refractivity (Wildman–Crippen MR) is 91.8 cm³/mol. The SMILES string of the molecule is Cc1cc(C[C@H]2COC[C@H]2NC(=O)c2c(C)c(C)c(C)[nH]c2=O)on1. The largest absolute Gasteiger partial charge is 0.379 e. The van der Waals surface area contributed by atoms with Gasteiger partial charge in [-0.3, -0.25) is 9.59 Å². The number of pyridine rings is 1. The Hall–Kier alpha value is -2.41. The highest BCUT2D eigenvalue weighted by atomic mass is 16.5. The van der Waals surface area contributed by atoms with Gasteiger partial charge in [-0.2, -0.15) is 0 Å². The Morgan fingerprint density at radius 3 is 2.72 bits per heavy atom. The molecule has 1 aliphatic rings. The number of aryl methyl sites for hydroxylation is 2. The van der Waals surface area contributed by atoms with Gasteiger partial charge in [-0.1, -0.05) is 5.16 Å². The molecule has 0 aliphatic carbocycles. The van der Waals surface area contributed by atoms with Crippen LogP contribution in [0.2, 0.25) is 0 Å². The second kappa shape index (κ2) is 6.84. The van der Waals surface area contributed by atoms with E-state index in [0.717, 1.165) is 22.7 Å². The Bertz CT molecular complexity index is 852. The van der Waals surface area contributed by atoms with Crippen LogP contribution in [0.25, 0.3) is 0 Å². The maximum atomic E-state index is 12.7. The van der Waals surface area contributed by atoms with Crippen molar-refractivity contribution in [2.45, 2.75) is 40.2 Å². The smallest absolute Gasteiger partial charge is 0.261 e. The topological polar surface area (TPSA) is 97.2 Å². The van der Waals surface area contributed by atoms with E-state index in [2.05, 4.69) is 15.5 Å². The lowest BCUT2D eigenvalue weighted by Gasteiger charge is -2.19. The van der Waals surface area contributed by atoms with Crippen molar-refractivity contribution in [3.63, 3.8) is 0 Å². The molecule has 2 aromatic heterocycles. The highest BCUT2D eigenvalue weighted by Crippen LogP contribution is 2.20. The van der Waals surface area contributed by atoms with Gasteiger partial charge in [0, 0.05) is 24.1 Å². The standard InChI is InChI=1S/C18H23N3O4/c1-9-5-14(25-21-9)6-13-7-24-8-15(13)20-18(23)16-11(3)10(2)12(4)19-17(16)22/h5,13,15H,6-8H2,1-4H3,(H,19,22)(H,20,23)/t13-,15+/m0/s1. The van der Waals surface area contributed by atoms with Crippen LogP contribution < -0.4 is 10.9 Å². The van der Waals surface area contributed by atoms with Crippen LogP contribution in [-0.2, 0) is 11.2 Å². The molecule has 0 radical (unpaired) electrons. The van der Waals surface area contributed by atoms with Crippen LogP contribution in [0.15, 0.2) is 15.4 Å². The quantitative estimate of drug-likeness (QED) is 0.877. The van der Waals surface area contributed by atoms with Crippen LogP contribution in [0.1, 0.15) is 38.6 Å². The molecule has 1 saturated heterocycles. The van der Waals surface area contributed by atoms with Crippen molar-refractivity contribution in [3.05, 3.63) is 50.3 Å². The number of rotatable bonds is 4. The summed E-state index contributed by atoms with van der Waals surface area (Å²) in [5, 5.41) is 6.84. The molecule has 2 aromatic rings. The van der Waals surface area contributed by atoms with E-state index >= 15 is 0 Å². The molecule has 25 heavy (non-hydrogen) atoms. The first-order chi connectivity index (χ1) is 11.9. The summed E-state index contributed by atoms with van der Waals surface area (Å²) in [5.41, 5.74) is 3.04. The average Bonchev–Trinajstić information content (AvgIpc) is 3.15. The number of carbonyl (C=O) groups is 1. The van der Waals surface area contributed by atoms with E-state index in [0.29, 0.717) is 25.2 Å². The van der Waals surface area contributed by atoms with Crippen molar-refractivity contribution in [2.24, 2.45) is 5.92 Å². The molecule has 2 N–H and O–H groups in total. The Labute approximate surface area is 145 Å². The number of hydrogen-bond donors (Lipinski definition) is 2. The molecule has 7 heteroatoms. The number of aromatic amines is 1. The van der Waals surface area contributed by atoms with Gasteiger partial charge in [-0.15, -0.1) is 0 Å². The Morgan fingerprint density at radius 1 is 1.28 bits per heavy atom. The molecule has 0 spiro atoms. The summed E-state index contributed by atoms with van der Waals surface area (Å²) in [4.78, 5) is 27.7. The zero-order valence-electron chi connectivity index (χ0n) is 14.9. The second-order valence-electron chi connectivity index (χ2n) is 6.72. The number of hydrogen-bond acceptors (Lipinski definition) is 5. The lowest BCUT2D eigenvalue weighted by atomic mass is 9.97. The molecular weight excluding hydrogens is 322 g/mol. The summed E-state index contributed by atoms with van der Waals surface area (Å²) in [6, 6.07) is 1.72. The molecule has 1 aliphatic heterocycles. The zero-order chi connectivity index (χ0) is 18.1. The summed E-state index contributed by atoms with van der Waals surface area (Å²) in [7, 11) is 0. The number of aromatic nitrogens is 2. The van der Waals surface area contributed by atoms with E-state index in [1.165, 1.54) is 0 Å². The normalized spacial score (nSPS) is 20.0. The van der Waals surface area contributed by atoms with Crippen LogP contribution in [-0.4, -0.2) is 35.3 Å². The molecule has 0 unspecified atom stereocenters. The van der Waals surface area contributed by atoms with Gasteiger partial charge in [0.05, 0.1) is 24.9 Å². The molecule has 1 amide bonds. The van der Waals surface area contributed by atoms with Crippen molar-refractivity contribution in [1.29, 1.82) is 0 Å². The van der Waals surface area contributed by atoms with Gasteiger partial charge in [0.2, 0.25) is 0 Å². The summed E-state index contributed by atoms with van der Waals surface area (Å²) in [5.74, 6) is 0.491. The van der Waals surface area contributed by atoms with Crippen molar-refractivity contribution < 1.29 is 14.1 Å². The summed E-state index contributed by atoms with van der Waals surface area (Å²) >= 11 is 0. The van der Waals surface area contributed by atoms with E-state index in [4.69, 9.17) is 9.26 Å². The first-order valence-electron chi connectivity index (χ1n) is 8.37. The Morgan fingerprint density at radius 2 is 2.04 bits per heavy atom. The monoisotopic (exact) mass is 345 g/mol. The van der Waals surface area contributed by atoms with E-state index in [9.17, 15) is 9.59 Å². The van der Waals surface area contributed by atoms with Gasteiger partial charge in [-0.25, -0.2) is 0 Å². The maximum absolute atomic E-state index is 12.7. The number of carbonyl (C=O) groups excluding carboxylic acids is 1. The van der Waals surface area contributed by atoms with Crippen LogP contribution in [0.3, 0.4) is 0 Å². The van der Waals surface area contributed by atoms with Gasteiger partial charge in [0.1, 0.15) is 11.3 Å². The van der Waals surface area contributed by atoms with Crippen LogP contribution in [0, 0.1) is 33.6 Å². The minimum atomic E-state index is -0.365. The fraction of sp³-hybridized carbons (Fsp3) is 0.500. The Kier molecular flexibility index (Phi) is 4.76. The minimum Gasteiger partial charge on any atom is -0.379 e. The van der Waals surface area contributed by atoms with Gasteiger partial charge < -0.3 is 19.6 Å². The molecular formula is C18H23N3O4. The summed E-state index contributed by atoms with van der Waals surface area (Å²) in [6.07, 6.45) is 0.633. The van der Waals surface area contributed by atoms with Gasteiger partial charge in [0.15, 0.2) is 0 Å². The maximum Gasteiger partial charge on any atom is 0.261 e. The summed E-state index contributed by atoms with van der Waals surface area (Å²) < 4.78 is 10.8. The number of nitrogens with one attached hydrogen (secondary N) is 2. The lowest BCUT2D eigenvalue weighted by molar-refractivity contribution is 0.0922. The second-order valence-corrected chi connectivity index (χ2v) is 6.72.